The third-order valence-electron chi connectivity index (χ3n) is 5.82. The summed E-state index contributed by atoms with van der Waals surface area (Å²) in [5.41, 5.74) is -0.331. The van der Waals surface area contributed by atoms with Crippen LogP contribution < -0.4 is 10.7 Å². The molecule has 0 atom stereocenters. The third-order valence-corrected chi connectivity index (χ3v) is 6.13. The molecule has 150 valence electrons. The number of fused-ring (bicyclic) bond motifs is 1. The number of carbonyl (C=O) groups is 1. The molecule has 7 heteroatoms. The SMILES string of the molecule is CNC(=O)c1nn(CC2(c3cc4ccccc4cc3Cl)CCCC2)cc(O)c1=O. The van der Waals surface area contributed by atoms with Crippen LogP contribution in [0.3, 0.4) is 0 Å². The maximum atomic E-state index is 12.1. The van der Waals surface area contributed by atoms with E-state index in [0.717, 1.165) is 42.0 Å². The minimum absolute atomic E-state index is 0.282. The van der Waals surface area contributed by atoms with Crippen molar-refractivity contribution in [2.75, 3.05) is 7.05 Å². The molecule has 0 radical (unpaired) electrons. The van der Waals surface area contributed by atoms with Gasteiger partial charge in [-0.2, -0.15) is 5.10 Å². The molecule has 29 heavy (non-hydrogen) atoms. The van der Waals surface area contributed by atoms with Crippen molar-refractivity contribution in [2.24, 2.45) is 0 Å². The van der Waals surface area contributed by atoms with Gasteiger partial charge in [0.05, 0.1) is 12.7 Å². The Labute approximate surface area is 173 Å². The molecule has 0 spiro atoms. The number of rotatable bonds is 4. The van der Waals surface area contributed by atoms with Crippen molar-refractivity contribution < 1.29 is 9.90 Å². The highest BCUT2D eigenvalue weighted by molar-refractivity contribution is 6.32. The number of nitrogens with one attached hydrogen (secondary N) is 1. The summed E-state index contributed by atoms with van der Waals surface area (Å²) in [6.45, 7) is 0.420. The molecule has 1 aliphatic rings. The molecule has 1 aliphatic carbocycles. The van der Waals surface area contributed by atoms with Gasteiger partial charge in [-0.3, -0.25) is 14.3 Å². The minimum Gasteiger partial charge on any atom is -0.503 e. The second-order valence-corrected chi connectivity index (χ2v) is 8.04. The Kier molecular flexibility index (Phi) is 5.04. The van der Waals surface area contributed by atoms with Crippen molar-refractivity contribution in [1.29, 1.82) is 0 Å². The van der Waals surface area contributed by atoms with E-state index >= 15 is 0 Å². The molecular weight excluding hydrogens is 390 g/mol. The van der Waals surface area contributed by atoms with Gasteiger partial charge < -0.3 is 10.4 Å². The molecule has 1 aromatic heterocycles. The lowest BCUT2D eigenvalue weighted by molar-refractivity contribution is 0.0953. The largest absolute Gasteiger partial charge is 0.503 e. The van der Waals surface area contributed by atoms with Gasteiger partial charge in [0.15, 0.2) is 11.4 Å². The molecule has 1 amide bonds. The molecular formula is C22H22ClN3O3. The molecule has 3 aromatic rings. The van der Waals surface area contributed by atoms with Gasteiger partial charge in [-0.05, 0) is 41.3 Å². The highest BCUT2D eigenvalue weighted by atomic mass is 35.5. The fourth-order valence-electron chi connectivity index (χ4n) is 4.37. The summed E-state index contributed by atoms with van der Waals surface area (Å²) in [6, 6.07) is 12.2. The van der Waals surface area contributed by atoms with Gasteiger partial charge in [-0.15, -0.1) is 0 Å². The second-order valence-electron chi connectivity index (χ2n) is 7.64. The standard InChI is InChI=1S/C22H22ClN3O3/c1-24-21(29)19-20(28)18(27)12-26(25-19)13-22(8-4-5-9-22)16-10-14-6-2-3-7-15(14)11-17(16)23/h2-3,6-7,10-12,27H,4-5,8-9,13H2,1H3,(H,24,29). The number of carbonyl (C=O) groups excluding carboxylic acids is 1. The number of halogens is 1. The van der Waals surface area contributed by atoms with Crippen LogP contribution in [0.4, 0.5) is 0 Å². The van der Waals surface area contributed by atoms with Crippen LogP contribution >= 0.6 is 11.6 Å². The highest BCUT2D eigenvalue weighted by Gasteiger charge is 2.38. The second kappa shape index (κ2) is 7.52. The van der Waals surface area contributed by atoms with E-state index in [1.165, 1.54) is 17.9 Å². The fraction of sp³-hybridized carbons (Fsp3) is 0.318. The van der Waals surface area contributed by atoms with Gasteiger partial charge in [0, 0.05) is 17.5 Å². The van der Waals surface area contributed by atoms with Crippen molar-refractivity contribution in [2.45, 2.75) is 37.6 Å². The van der Waals surface area contributed by atoms with Crippen molar-refractivity contribution in [3.63, 3.8) is 0 Å². The first-order valence-corrected chi connectivity index (χ1v) is 10.0. The zero-order valence-corrected chi connectivity index (χ0v) is 16.9. The van der Waals surface area contributed by atoms with Crippen LogP contribution in [-0.4, -0.2) is 27.8 Å². The summed E-state index contributed by atoms with van der Waals surface area (Å²) in [4.78, 5) is 24.1. The summed E-state index contributed by atoms with van der Waals surface area (Å²) < 4.78 is 1.50. The molecule has 1 saturated carbocycles. The monoisotopic (exact) mass is 411 g/mol. The van der Waals surface area contributed by atoms with Crippen molar-refractivity contribution in [3.8, 4) is 5.75 Å². The van der Waals surface area contributed by atoms with Gasteiger partial charge in [0.1, 0.15) is 0 Å². The van der Waals surface area contributed by atoms with Gasteiger partial charge >= 0.3 is 0 Å². The average Bonchev–Trinajstić information content (AvgIpc) is 3.18. The number of aromatic nitrogens is 2. The topological polar surface area (TPSA) is 84.2 Å². The van der Waals surface area contributed by atoms with E-state index in [0.29, 0.717) is 11.6 Å². The maximum absolute atomic E-state index is 12.1. The van der Waals surface area contributed by atoms with Crippen LogP contribution in [-0.2, 0) is 12.0 Å². The van der Waals surface area contributed by atoms with Crippen LogP contribution in [0.1, 0.15) is 41.7 Å². The Morgan fingerprint density at radius 3 is 2.55 bits per heavy atom. The smallest absolute Gasteiger partial charge is 0.275 e. The first-order valence-electron chi connectivity index (χ1n) is 9.65. The van der Waals surface area contributed by atoms with E-state index < -0.39 is 17.1 Å². The van der Waals surface area contributed by atoms with Gasteiger partial charge in [0.25, 0.3) is 11.3 Å². The van der Waals surface area contributed by atoms with E-state index in [1.807, 2.05) is 24.3 Å². The molecule has 2 N–H and O–H groups in total. The number of hydrogen-bond donors (Lipinski definition) is 2. The summed E-state index contributed by atoms with van der Waals surface area (Å²) >= 11 is 6.71. The summed E-state index contributed by atoms with van der Waals surface area (Å²) in [5.74, 6) is -1.11. The van der Waals surface area contributed by atoms with Crippen molar-refractivity contribution >= 4 is 28.3 Å². The Hall–Kier alpha value is -2.86. The Morgan fingerprint density at radius 1 is 1.24 bits per heavy atom. The van der Waals surface area contributed by atoms with Crippen LogP contribution in [0.2, 0.25) is 5.02 Å². The Balaban J connectivity index is 1.82. The lowest BCUT2D eigenvalue weighted by Gasteiger charge is -2.31. The van der Waals surface area contributed by atoms with Crippen LogP contribution in [0.25, 0.3) is 10.8 Å². The predicted octanol–water partition coefficient (Wildman–Crippen LogP) is 3.63. The van der Waals surface area contributed by atoms with E-state index in [1.54, 1.807) is 0 Å². The van der Waals surface area contributed by atoms with Crippen LogP contribution in [0.15, 0.2) is 47.4 Å². The first-order chi connectivity index (χ1) is 13.9. The van der Waals surface area contributed by atoms with E-state index in [-0.39, 0.29) is 11.1 Å². The number of aromatic hydroxyl groups is 1. The zero-order valence-electron chi connectivity index (χ0n) is 16.1. The predicted molar refractivity (Wildman–Crippen MR) is 113 cm³/mol. The minimum atomic E-state index is -0.773. The Bertz CT molecular complexity index is 1150. The van der Waals surface area contributed by atoms with Crippen molar-refractivity contribution in [3.05, 3.63) is 69.1 Å². The summed E-state index contributed by atoms with van der Waals surface area (Å²) in [5, 5.41) is 19.6. The van der Waals surface area contributed by atoms with E-state index in [4.69, 9.17) is 11.6 Å². The Morgan fingerprint density at radius 2 is 1.90 bits per heavy atom. The highest BCUT2D eigenvalue weighted by Crippen LogP contribution is 2.46. The molecule has 1 heterocycles. The average molecular weight is 412 g/mol. The fourth-order valence-corrected chi connectivity index (χ4v) is 4.74. The maximum Gasteiger partial charge on any atom is 0.275 e. The molecule has 4 rings (SSSR count). The number of nitrogens with zero attached hydrogens (tertiary/aromatic N) is 2. The molecule has 0 bridgehead atoms. The van der Waals surface area contributed by atoms with Gasteiger partial charge in [-0.25, -0.2) is 0 Å². The summed E-state index contributed by atoms with van der Waals surface area (Å²) in [6.07, 6.45) is 5.23. The van der Waals surface area contributed by atoms with E-state index in [9.17, 15) is 14.7 Å². The van der Waals surface area contributed by atoms with Gasteiger partial charge in [0.2, 0.25) is 0 Å². The summed E-state index contributed by atoms with van der Waals surface area (Å²) in [7, 11) is 1.42. The molecule has 0 saturated heterocycles. The normalized spacial score (nSPS) is 15.5. The molecule has 1 fully saturated rings. The number of hydrogen-bond acceptors (Lipinski definition) is 4. The molecule has 2 aromatic carbocycles. The van der Waals surface area contributed by atoms with Crippen LogP contribution in [0.5, 0.6) is 5.75 Å². The zero-order chi connectivity index (χ0) is 20.6. The molecule has 0 aliphatic heterocycles. The lowest BCUT2D eigenvalue weighted by atomic mass is 9.78. The quantitative estimate of drug-likeness (QED) is 0.686. The third kappa shape index (κ3) is 3.49. The number of benzene rings is 2. The first kappa shape index (κ1) is 19.5. The lowest BCUT2D eigenvalue weighted by Crippen LogP contribution is -2.34. The van der Waals surface area contributed by atoms with Gasteiger partial charge in [-0.1, -0.05) is 48.7 Å². The van der Waals surface area contributed by atoms with E-state index in [2.05, 4.69) is 22.5 Å². The molecule has 0 unspecified atom stereocenters. The number of amides is 1. The molecule has 6 nitrogen and oxygen atoms in total. The van der Waals surface area contributed by atoms with Crippen LogP contribution in [0, 0.1) is 0 Å². The van der Waals surface area contributed by atoms with Crippen molar-refractivity contribution in [1.82, 2.24) is 15.1 Å².